The summed E-state index contributed by atoms with van der Waals surface area (Å²) in [5, 5.41) is 24.1. The first kappa shape index (κ1) is 45.5. The van der Waals surface area contributed by atoms with Crippen LogP contribution in [0.3, 0.4) is 0 Å². The van der Waals surface area contributed by atoms with Crippen LogP contribution in [0.1, 0.15) is 64.9 Å². The molecular weight excluding hydrogens is 738 g/mol. The average molecular weight is 788 g/mol. The summed E-state index contributed by atoms with van der Waals surface area (Å²) in [5.41, 5.74) is 0.428. The number of nitrogens with zero attached hydrogens (tertiary/aromatic N) is 1. The second-order valence-corrected chi connectivity index (χ2v) is 13.3. The summed E-state index contributed by atoms with van der Waals surface area (Å²) >= 11 is 0. The molecule has 0 saturated carbocycles. The summed E-state index contributed by atoms with van der Waals surface area (Å²) in [6.07, 6.45) is 0.107. The summed E-state index contributed by atoms with van der Waals surface area (Å²) in [6.45, 7) is 5.23. The van der Waals surface area contributed by atoms with Crippen molar-refractivity contribution in [2.24, 2.45) is 0 Å². The van der Waals surface area contributed by atoms with Crippen LogP contribution < -0.4 is 20.1 Å². The molecule has 0 bridgehead atoms. The predicted octanol–water partition coefficient (Wildman–Crippen LogP) is 0.475. The number of nitrogens with one attached hydrogen (secondary N) is 2. The fraction of sp³-hybridized carbons (Fsp3) is 0.588. The molecule has 4 atom stereocenters. The van der Waals surface area contributed by atoms with E-state index in [-0.39, 0.29) is 64.5 Å². The first-order valence-corrected chi connectivity index (χ1v) is 19.0. The van der Waals surface area contributed by atoms with Crippen molar-refractivity contribution in [2.45, 2.75) is 90.4 Å². The SMILES string of the molecule is CC.CC(=O)OCc1ccc(OCCOCCNC(=O)C(CS(=O)(=O)O)NC(=O)CCCCCN2C(=O)C=CC2=O)cc1OC1CC(O)CC(C(=O)O)O1. The van der Waals surface area contributed by atoms with Crippen LogP contribution in [0.5, 0.6) is 11.5 Å². The highest BCUT2D eigenvalue weighted by Gasteiger charge is 2.34. The molecule has 54 heavy (non-hydrogen) atoms. The van der Waals surface area contributed by atoms with Crippen molar-refractivity contribution in [1.82, 2.24) is 15.5 Å². The largest absolute Gasteiger partial charge is 0.491 e. The van der Waals surface area contributed by atoms with E-state index in [4.69, 9.17) is 23.7 Å². The lowest BCUT2D eigenvalue weighted by atomic mass is 10.1. The van der Waals surface area contributed by atoms with E-state index in [9.17, 15) is 52.0 Å². The number of carbonyl (C=O) groups excluding carboxylic acids is 5. The number of imide groups is 1. The van der Waals surface area contributed by atoms with Crippen molar-refractivity contribution < 1.29 is 75.6 Å². The number of hydrogen-bond donors (Lipinski definition) is 5. The highest BCUT2D eigenvalue weighted by atomic mass is 32.2. The zero-order chi connectivity index (χ0) is 40.3. The van der Waals surface area contributed by atoms with E-state index in [1.165, 1.54) is 25.1 Å². The minimum absolute atomic E-state index is 0.00227. The van der Waals surface area contributed by atoms with E-state index in [0.29, 0.717) is 30.6 Å². The monoisotopic (exact) mass is 787 g/mol. The fourth-order valence-electron chi connectivity index (χ4n) is 5.00. The number of carboxylic acids is 1. The van der Waals surface area contributed by atoms with Crippen LogP contribution in [0.2, 0.25) is 0 Å². The molecule has 2 aliphatic rings. The number of aliphatic carboxylic acids is 1. The van der Waals surface area contributed by atoms with Gasteiger partial charge in [0.05, 0.1) is 19.3 Å². The van der Waals surface area contributed by atoms with Crippen LogP contribution in [0.25, 0.3) is 0 Å². The Morgan fingerprint density at radius 3 is 2.37 bits per heavy atom. The smallest absolute Gasteiger partial charge is 0.333 e. The molecule has 2 aliphatic heterocycles. The molecule has 3 rings (SSSR count). The maximum Gasteiger partial charge on any atom is 0.333 e. The normalized spacial score (nSPS) is 18.6. The van der Waals surface area contributed by atoms with Gasteiger partial charge in [-0.2, -0.15) is 8.42 Å². The number of esters is 1. The third-order valence-corrected chi connectivity index (χ3v) is 8.28. The number of benzene rings is 1. The Morgan fingerprint density at radius 2 is 1.72 bits per heavy atom. The van der Waals surface area contributed by atoms with Gasteiger partial charge in [-0.05, 0) is 25.0 Å². The molecule has 0 spiro atoms. The van der Waals surface area contributed by atoms with Gasteiger partial charge in [0.1, 0.15) is 36.5 Å². The number of aliphatic hydroxyl groups excluding tert-OH is 1. The summed E-state index contributed by atoms with van der Waals surface area (Å²) < 4.78 is 59.7. The molecule has 2 heterocycles. The number of carboxylic acid groups (broad SMARTS) is 1. The Balaban J connectivity index is 0.00000495. The van der Waals surface area contributed by atoms with Crippen LogP contribution in [0.15, 0.2) is 30.4 Å². The molecule has 0 aliphatic carbocycles. The molecular formula is C34H49N3O16S. The van der Waals surface area contributed by atoms with E-state index >= 15 is 0 Å². The summed E-state index contributed by atoms with van der Waals surface area (Å²) in [6, 6.07) is 3.04. The molecule has 0 radical (unpaired) electrons. The fourth-order valence-corrected chi connectivity index (χ4v) is 5.66. The summed E-state index contributed by atoms with van der Waals surface area (Å²) in [5.74, 6) is -4.67. The van der Waals surface area contributed by atoms with Crippen molar-refractivity contribution in [3.8, 4) is 11.5 Å². The number of amides is 4. The van der Waals surface area contributed by atoms with Gasteiger partial charge in [-0.15, -0.1) is 0 Å². The quantitative estimate of drug-likeness (QED) is 0.0463. The van der Waals surface area contributed by atoms with Gasteiger partial charge in [0.15, 0.2) is 6.10 Å². The minimum atomic E-state index is -4.63. The van der Waals surface area contributed by atoms with E-state index in [1.54, 1.807) is 12.1 Å². The van der Waals surface area contributed by atoms with Crippen LogP contribution >= 0.6 is 0 Å². The Morgan fingerprint density at radius 1 is 1.02 bits per heavy atom. The second kappa shape index (κ2) is 23.2. The Labute approximate surface area is 313 Å². The minimum Gasteiger partial charge on any atom is -0.491 e. The second-order valence-electron chi connectivity index (χ2n) is 11.8. The van der Waals surface area contributed by atoms with E-state index in [1.807, 2.05) is 13.8 Å². The third-order valence-electron chi connectivity index (χ3n) is 7.53. The highest BCUT2D eigenvalue weighted by Crippen LogP contribution is 2.30. The van der Waals surface area contributed by atoms with Crippen LogP contribution in [-0.2, 0) is 59.7 Å². The predicted molar refractivity (Wildman–Crippen MR) is 187 cm³/mol. The molecule has 5 N–H and O–H groups in total. The lowest BCUT2D eigenvalue weighted by Crippen LogP contribution is -2.50. The maximum absolute atomic E-state index is 12.6. The molecule has 302 valence electrons. The van der Waals surface area contributed by atoms with Crippen molar-refractivity contribution in [2.75, 3.05) is 38.7 Å². The molecule has 1 saturated heterocycles. The lowest BCUT2D eigenvalue weighted by molar-refractivity contribution is -0.195. The molecule has 19 nitrogen and oxygen atoms in total. The summed E-state index contributed by atoms with van der Waals surface area (Å²) in [7, 11) is -4.63. The van der Waals surface area contributed by atoms with Gasteiger partial charge in [-0.1, -0.05) is 20.3 Å². The van der Waals surface area contributed by atoms with Crippen molar-refractivity contribution in [3.05, 3.63) is 35.9 Å². The van der Waals surface area contributed by atoms with Gasteiger partial charge >= 0.3 is 11.9 Å². The van der Waals surface area contributed by atoms with Crippen LogP contribution in [0, 0.1) is 0 Å². The Hall–Kier alpha value is -4.63. The Kier molecular flexibility index (Phi) is 19.6. The van der Waals surface area contributed by atoms with Crippen molar-refractivity contribution in [1.29, 1.82) is 0 Å². The van der Waals surface area contributed by atoms with E-state index in [2.05, 4.69) is 10.6 Å². The Bertz CT molecular complexity index is 1570. The third kappa shape index (κ3) is 17.0. The maximum atomic E-state index is 12.6. The molecule has 20 heteroatoms. The number of rotatable bonds is 22. The van der Waals surface area contributed by atoms with E-state index in [0.717, 1.165) is 4.90 Å². The van der Waals surface area contributed by atoms with Gasteiger partial charge in [0.25, 0.3) is 21.9 Å². The number of hydrogen-bond acceptors (Lipinski definition) is 14. The first-order valence-electron chi connectivity index (χ1n) is 17.4. The molecule has 0 aromatic heterocycles. The summed E-state index contributed by atoms with van der Waals surface area (Å²) in [4.78, 5) is 72.0. The van der Waals surface area contributed by atoms with Crippen molar-refractivity contribution in [3.63, 3.8) is 0 Å². The number of carbonyl (C=O) groups is 6. The average Bonchev–Trinajstić information content (AvgIpc) is 3.42. The van der Waals surface area contributed by atoms with Gasteiger partial charge < -0.3 is 44.5 Å². The number of aliphatic hydroxyl groups is 1. The lowest BCUT2D eigenvalue weighted by Gasteiger charge is -2.31. The van der Waals surface area contributed by atoms with Gasteiger partial charge in [0.2, 0.25) is 18.1 Å². The standard InChI is InChI=1S/C32H43N3O16S.C2H6/c1-20(36)49-18-21-6-7-23(17-25(21)50-30-16-22(37)15-26(51-30)32(42)43)48-14-13-47-12-10-33-31(41)24(19-52(44,45)46)34-27(38)5-3-2-4-11-35-28(39)8-9-29(35)40;1-2/h6-9,17,22,24,26,30,37H,2-5,10-16,18-19H2,1H3,(H,33,41)(H,34,38)(H,42,43)(H,44,45,46);1-2H3. The number of unbranched alkanes of at least 4 members (excludes halogenated alkanes) is 2. The van der Waals surface area contributed by atoms with Crippen LogP contribution in [-0.4, -0.2) is 127 Å². The molecule has 4 unspecified atom stereocenters. The van der Waals surface area contributed by atoms with Gasteiger partial charge in [-0.25, -0.2) is 4.79 Å². The van der Waals surface area contributed by atoms with Gasteiger partial charge in [-0.3, -0.25) is 33.4 Å². The van der Waals surface area contributed by atoms with Gasteiger partial charge in [0, 0.05) is 63.1 Å². The topological polar surface area (TPSA) is 271 Å². The molecule has 4 amide bonds. The first-order chi connectivity index (χ1) is 25.6. The molecule has 1 fully saturated rings. The number of ether oxygens (including phenoxy) is 5. The van der Waals surface area contributed by atoms with Crippen molar-refractivity contribution >= 4 is 45.7 Å². The van der Waals surface area contributed by atoms with E-state index < -0.39 is 76.0 Å². The molecule has 1 aromatic carbocycles. The van der Waals surface area contributed by atoms with Crippen LogP contribution in [0.4, 0.5) is 0 Å². The zero-order valence-electron chi connectivity index (χ0n) is 30.4. The highest BCUT2D eigenvalue weighted by molar-refractivity contribution is 7.85. The molecule has 1 aromatic rings. The zero-order valence-corrected chi connectivity index (χ0v) is 31.2.